The molecule has 3 rings (SSSR count). The lowest BCUT2D eigenvalue weighted by Gasteiger charge is -2.25. The number of nitrogens with two attached hydrogens (primary N) is 1. The van der Waals surface area contributed by atoms with Crippen molar-refractivity contribution in [3.05, 3.63) is 40.4 Å². The predicted octanol–water partition coefficient (Wildman–Crippen LogP) is 1.34. The van der Waals surface area contributed by atoms with Gasteiger partial charge in [-0.3, -0.25) is 4.79 Å². The Morgan fingerprint density at radius 2 is 2.15 bits per heavy atom. The quantitative estimate of drug-likeness (QED) is 0.893. The molecule has 1 heterocycles. The Balaban J connectivity index is 1.58. The summed E-state index contributed by atoms with van der Waals surface area (Å²) in [6.07, 6.45) is 3.17. The van der Waals surface area contributed by atoms with Gasteiger partial charge in [-0.1, -0.05) is 35.6 Å². The average Bonchev–Trinajstić information content (AvgIpc) is 2.83. The molecule has 20 heavy (non-hydrogen) atoms. The molecule has 5 nitrogen and oxygen atoms in total. The van der Waals surface area contributed by atoms with E-state index in [1.807, 2.05) is 6.07 Å². The molecule has 0 bridgehead atoms. The topological polar surface area (TPSA) is 80.9 Å². The van der Waals surface area contributed by atoms with Gasteiger partial charge < -0.3 is 11.1 Å². The summed E-state index contributed by atoms with van der Waals surface area (Å²) < 4.78 is 0. The van der Waals surface area contributed by atoms with E-state index in [4.69, 9.17) is 5.73 Å². The van der Waals surface area contributed by atoms with Crippen LogP contribution in [-0.4, -0.2) is 22.1 Å². The molecular weight excluding hydrogens is 272 g/mol. The number of benzene rings is 1. The van der Waals surface area contributed by atoms with Crippen molar-refractivity contribution >= 4 is 22.4 Å². The number of carbonyl (C=O) groups excluding carboxylic acids is 1. The van der Waals surface area contributed by atoms with Crippen molar-refractivity contribution in [2.75, 3.05) is 5.73 Å². The number of nitrogen functional groups attached to an aromatic ring is 1. The number of nitrogens with one attached hydrogen (secondary N) is 1. The lowest BCUT2D eigenvalue weighted by Crippen LogP contribution is -2.39. The summed E-state index contributed by atoms with van der Waals surface area (Å²) in [5.74, 6) is -0.00877. The van der Waals surface area contributed by atoms with Crippen molar-refractivity contribution in [3.63, 3.8) is 0 Å². The molecule has 104 valence electrons. The highest BCUT2D eigenvalue weighted by molar-refractivity contribution is 7.15. The van der Waals surface area contributed by atoms with Crippen LogP contribution in [0, 0.1) is 0 Å². The van der Waals surface area contributed by atoms with Crippen molar-refractivity contribution in [1.29, 1.82) is 0 Å². The smallest absolute Gasteiger partial charge is 0.227 e. The van der Waals surface area contributed by atoms with Gasteiger partial charge in [-0.05, 0) is 30.4 Å². The molecule has 1 unspecified atom stereocenters. The summed E-state index contributed by atoms with van der Waals surface area (Å²) in [4.78, 5) is 12.0. The van der Waals surface area contributed by atoms with E-state index in [2.05, 4.69) is 33.7 Å². The van der Waals surface area contributed by atoms with Crippen LogP contribution in [0.5, 0.6) is 0 Å². The number of hydrogen-bond acceptors (Lipinski definition) is 5. The van der Waals surface area contributed by atoms with Crippen molar-refractivity contribution in [1.82, 2.24) is 15.5 Å². The van der Waals surface area contributed by atoms with Crippen LogP contribution in [-0.2, 0) is 24.1 Å². The van der Waals surface area contributed by atoms with Gasteiger partial charge in [0.25, 0.3) is 0 Å². The maximum Gasteiger partial charge on any atom is 0.227 e. The van der Waals surface area contributed by atoms with E-state index >= 15 is 0 Å². The van der Waals surface area contributed by atoms with Gasteiger partial charge in [0.1, 0.15) is 5.01 Å². The summed E-state index contributed by atoms with van der Waals surface area (Å²) in [7, 11) is 0. The molecule has 1 aliphatic rings. The number of aromatic nitrogens is 2. The third-order valence-electron chi connectivity index (χ3n) is 3.51. The molecule has 6 heteroatoms. The minimum atomic E-state index is -0.00877. The van der Waals surface area contributed by atoms with Crippen LogP contribution in [0.15, 0.2) is 24.3 Å². The van der Waals surface area contributed by atoms with Crippen LogP contribution < -0.4 is 11.1 Å². The summed E-state index contributed by atoms with van der Waals surface area (Å²) in [6.45, 7) is 0. The molecule has 0 aliphatic heterocycles. The summed E-state index contributed by atoms with van der Waals surface area (Å²) in [5.41, 5.74) is 8.24. The third kappa shape index (κ3) is 2.96. The molecule has 0 saturated heterocycles. The number of aryl methyl sites for hydroxylation is 1. The number of hydrogen-bond donors (Lipinski definition) is 2. The number of fused-ring (bicyclic) bond motifs is 1. The molecule has 3 N–H and O–H groups in total. The zero-order valence-corrected chi connectivity index (χ0v) is 11.8. The monoisotopic (exact) mass is 288 g/mol. The lowest BCUT2D eigenvalue weighted by molar-refractivity contribution is -0.121. The molecule has 0 radical (unpaired) electrons. The molecule has 0 fully saturated rings. The Hall–Kier alpha value is -1.95. The molecule has 1 aromatic carbocycles. The van der Waals surface area contributed by atoms with Crippen molar-refractivity contribution < 1.29 is 4.79 Å². The van der Waals surface area contributed by atoms with E-state index in [1.54, 1.807) is 0 Å². The number of amides is 1. The van der Waals surface area contributed by atoms with Crippen LogP contribution in [0.4, 0.5) is 5.13 Å². The second-order valence-electron chi connectivity index (χ2n) is 4.99. The standard InChI is InChI=1S/C14H16N4OS/c15-14-18-17-13(20-14)8-12(19)16-11-6-5-9-3-1-2-4-10(9)7-11/h1-4,11H,5-8H2,(H2,15,18)(H,16,19). The molecule has 1 aromatic heterocycles. The predicted molar refractivity (Wildman–Crippen MR) is 78.4 cm³/mol. The van der Waals surface area contributed by atoms with Gasteiger partial charge >= 0.3 is 0 Å². The SMILES string of the molecule is Nc1nnc(CC(=O)NC2CCc3ccccc3C2)s1. The van der Waals surface area contributed by atoms with Crippen LogP contribution in [0.1, 0.15) is 22.6 Å². The van der Waals surface area contributed by atoms with E-state index in [0.29, 0.717) is 10.1 Å². The maximum absolute atomic E-state index is 12.0. The van der Waals surface area contributed by atoms with Gasteiger partial charge in [-0.15, -0.1) is 10.2 Å². The molecule has 0 spiro atoms. The van der Waals surface area contributed by atoms with Gasteiger partial charge in [0.15, 0.2) is 0 Å². The minimum absolute atomic E-state index is 0.00877. The van der Waals surface area contributed by atoms with Crippen LogP contribution in [0.3, 0.4) is 0 Å². The first kappa shape index (κ1) is 13.1. The van der Waals surface area contributed by atoms with Crippen LogP contribution in [0.2, 0.25) is 0 Å². The van der Waals surface area contributed by atoms with Gasteiger partial charge in [0.2, 0.25) is 11.0 Å². The lowest BCUT2D eigenvalue weighted by atomic mass is 9.88. The summed E-state index contributed by atoms with van der Waals surface area (Å²) in [5, 5.41) is 11.7. The third-order valence-corrected chi connectivity index (χ3v) is 4.26. The Bertz CT molecular complexity index is 625. The molecule has 2 aromatic rings. The van der Waals surface area contributed by atoms with Gasteiger partial charge in [0, 0.05) is 6.04 Å². The summed E-state index contributed by atoms with van der Waals surface area (Å²) in [6, 6.07) is 8.63. The van der Waals surface area contributed by atoms with Crippen molar-refractivity contribution in [3.8, 4) is 0 Å². The Morgan fingerprint density at radius 1 is 1.35 bits per heavy atom. The zero-order chi connectivity index (χ0) is 13.9. The Labute approximate surface area is 121 Å². The van der Waals surface area contributed by atoms with Crippen LogP contribution >= 0.6 is 11.3 Å². The fourth-order valence-electron chi connectivity index (χ4n) is 2.58. The van der Waals surface area contributed by atoms with Gasteiger partial charge in [-0.25, -0.2) is 0 Å². The second kappa shape index (κ2) is 5.58. The van der Waals surface area contributed by atoms with E-state index in [-0.39, 0.29) is 18.4 Å². The fourth-order valence-corrected chi connectivity index (χ4v) is 3.18. The molecule has 1 amide bonds. The number of nitrogens with zero attached hydrogens (tertiary/aromatic N) is 2. The largest absolute Gasteiger partial charge is 0.374 e. The normalized spacial score (nSPS) is 17.5. The first-order valence-electron chi connectivity index (χ1n) is 6.64. The summed E-state index contributed by atoms with van der Waals surface area (Å²) >= 11 is 1.26. The zero-order valence-electron chi connectivity index (χ0n) is 11.0. The van der Waals surface area contributed by atoms with E-state index in [0.717, 1.165) is 19.3 Å². The minimum Gasteiger partial charge on any atom is -0.374 e. The number of carbonyl (C=O) groups is 1. The van der Waals surface area contributed by atoms with Crippen molar-refractivity contribution in [2.45, 2.75) is 31.7 Å². The highest BCUT2D eigenvalue weighted by Gasteiger charge is 2.20. The highest BCUT2D eigenvalue weighted by Crippen LogP contribution is 2.21. The molecular formula is C14H16N4OS. The molecule has 1 atom stereocenters. The highest BCUT2D eigenvalue weighted by atomic mass is 32.1. The first-order chi connectivity index (χ1) is 9.70. The maximum atomic E-state index is 12.0. The van der Waals surface area contributed by atoms with Gasteiger partial charge in [-0.2, -0.15) is 0 Å². The number of rotatable bonds is 3. The first-order valence-corrected chi connectivity index (χ1v) is 7.46. The van der Waals surface area contributed by atoms with E-state index in [1.165, 1.54) is 22.5 Å². The Kier molecular flexibility index (Phi) is 3.64. The number of anilines is 1. The Morgan fingerprint density at radius 3 is 2.90 bits per heavy atom. The van der Waals surface area contributed by atoms with Crippen molar-refractivity contribution in [2.24, 2.45) is 0 Å². The van der Waals surface area contributed by atoms with E-state index < -0.39 is 0 Å². The second-order valence-corrected chi connectivity index (χ2v) is 6.08. The average molecular weight is 288 g/mol. The molecule has 0 saturated carbocycles. The van der Waals surface area contributed by atoms with Crippen LogP contribution in [0.25, 0.3) is 0 Å². The fraction of sp³-hybridized carbons (Fsp3) is 0.357. The molecule has 1 aliphatic carbocycles. The van der Waals surface area contributed by atoms with Gasteiger partial charge in [0.05, 0.1) is 6.42 Å². The van der Waals surface area contributed by atoms with E-state index in [9.17, 15) is 4.79 Å².